The standard InChI is InChI=1S/C13H12N6O3/c14-8-11(9-15)17-16-10-1-2-12(13(7-10)19(20)21)18-3-5-22-6-4-18/h1-2,7,16H,3-6H2. The van der Waals surface area contributed by atoms with E-state index in [0.717, 1.165) is 0 Å². The van der Waals surface area contributed by atoms with Gasteiger partial charge in [-0.3, -0.25) is 15.5 Å². The molecule has 0 amide bonds. The van der Waals surface area contributed by atoms with E-state index in [0.29, 0.717) is 37.7 Å². The van der Waals surface area contributed by atoms with Crippen LogP contribution in [0.2, 0.25) is 0 Å². The molecule has 1 aromatic rings. The first-order valence-electron chi connectivity index (χ1n) is 6.40. The Hall–Kier alpha value is -3.17. The van der Waals surface area contributed by atoms with Gasteiger partial charge < -0.3 is 9.64 Å². The molecule has 1 fully saturated rings. The molecule has 1 aromatic carbocycles. The summed E-state index contributed by atoms with van der Waals surface area (Å²) in [4.78, 5) is 12.6. The van der Waals surface area contributed by atoms with Crippen LogP contribution in [0.3, 0.4) is 0 Å². The van der Waals surface area contributed by atoms with Crippen LogP contribution < -0.4 is 10.3 Å². The van der Waals surface area contributed by atoms with E-state index < -0.39 is 4.92 Å². The average Bonchev–Trinajstić information content (AvgIpc) is 2.56. The molecule has 0 spiro atoms. The number of morpholine rings is 1. The monoisotopic (exact) mass is 300 g/mol. The van der Waals surface area contributed by atoms with Gasteiger partial charge in [-0.1, -0.05) is 0 Å². The summed E-state index contributed by atoms with van der Waals surface area (Å²) < 4.78 is 5.23. The summed E-state index contributed by atoms with van der Waals surface area (Å²) in [6.07, 6.45) is 0. The van der Waals surface area contributed by atoms with Crippen molar-refractivity contribution in [1.29, 1.82) is 10.5 Å². The van der Waals surface area contributed by atoms with Crippen LogP contribution in [-0.4, -0.2) is 36.9 Å². The number of nitriles is 2. The average molecular weight is 300 g/mol. The van der Waals surface area contributed by atoms with E-state index in [-0.39, 0.29) is 11.4 Å². The van der Waals surface area contributed by atoms with Crippen molar-refractivity contribution < 1.29 is 9.66 Å². The fraction of sp³-hybridized carbons (Fsp3) is 0.308. The fourth-order valence-corrected chi connectivity index (χ4v) is 2.01. The summed E-state index contributed by atoms with van der Waals surface area (Å²) >= 11 is 0. The number of ether oxygens (including phenoxy) is 1. The molecular weight excluding hydrogens is 288 g/mol. The highest BCUT2D eigenvalue weighted by molar-refractivity contribution is 6.10. The number of nitrogens with one attached hydrogen (secondary N) is 1. The van der Waals surface area contributed by atoms with E-state index in [1.165, 1.54) is 6.07 Å². The highest BCUT2D eigenvalue weighted by Gasteiger charge is 2.21. The van der Waals surface area contributed by atoms with Gasteiger partial charge in [-0.25, -0.2) is 0 Å². The molecule has 1 saturated heterocycles. The zero-order valence-electron chi connectivity index (χ0n) is 11.5. The lowest BCUT2D eigenvalue weighted by atomic mass is 10.2. The fourth-order valence-electron chi connectivity index (χ4n) is 2.01. The van der Waals surface area contributed by atoms with Crippen molar-refractivity contribution in [2.75, 3.05) is 36.6 Å². The molecule has 22 heavy (non-hydrogen) atoms. The second-order valence-corrected chi connectivity index (χ2v) is 4.36. The quantitative estimate of drug-likeness (QED) is 0.503. The molecule has 1 heterocycles. The molecule has 1 aliphatic rings. The van der Waals surface area contributed by atoms with Gasteiger partial charge in [-0.15, -0.1) is 0 Å². The van der Waals surface area contributed by atoms with Crippen LogP contribution in [0.5, 0.6) is 0 Å². The number of nitro groups is 1. The van der Waals surface area contributed by atoms with Crippen LogP contribution in [0, 0.1) is 32.8 Å². The van der Waals surface area contributed by atoms with Crippen molar-refractivity contribution in [2.45, 2.75) is 0 Å². The third-order valence-corrected chi connectivity index (χ3v) is 3.03. The highest BCUT2D eigenvalue weighted by atomic mass is 16.6. The summed E-state index contributed by atoms with van der Waals surface area (Å²) in [7, 11) is 0. The zero-order chi connectivity index (χ0) is 15.9. The maximum Gasteiger partial charge on any atom is 0.294 e. The molecular formula is C13H12N6O3. The molecule has 1 aliphatic heterocycles. The van der Waals surface area contributed by atoms with E-state index >= 15 is 0 Å². The predicted octanol–water partition coefficient (Wildman–Crippen LogP) is 1.25. The van der Waals surface area contributed by atoms with Gasteiger partial charge in [-0.05, 0) is 12.1 Å². The maximum absolute atomic E-state index is 11.2. The Labute approximate surface area is 126 Å². The molecule has 1 N–H and O–H groups in total. The molecule has 0 saturated carbocycles. The van der Waals surface area contributed by atoms with Crippen molar-refractivity contribution in [2.24, 2.45) is 5.10 Å². The molecule has 0 bridgehead atoms. The first-order chi connectivity index (χ1) is 10.7. The minimum absolute atomic E-state index is 0.0717. The number of hydrazone groups is 1. The van der Waals surface area contributed by atoms with E-state index in [1.54, 1.807) is 24.3 Å². The summed E-state index contributed by atoms with van der Waals surface area (Å²) in [6.45, 7) is 2.21. The van der Waals surface area contributed by atoms with Gasteiger partial charge in [0.25, 0.3) is 5.69 Å². The third kappa shape index (κ3) is 3.48. The minimum Gasteiger partial charge on any atom is -0.378 e. The van der Waals surface area contributed by atoms with Crippen molar-refractivity contribution in [1.82, 2.24) is 0 Å². The number of hydrogen-bond acceptors (Lipinski definition) is 8. The van der Waals surface area contributed by atoms with Gasteiger partial charge in [-0.2, -0.15) is 15.6 Å². The number of nitrogens with zero attached hydrogens (tertiary/aromatic N) is 5. The Morgan fingerprint density at radius 3 is 2.64 bits per heavy atom. The molecule has 0 atom stereocenters. The van der Waals surface area contributed by atoms with Crippen molar-refractivity contribution >= 4 is 22.8 Å². The van der Waals surface area contributed by atoms with Crippen LogP contribution in [0.15, 0.2) is 23.3 Å². The molecule has 0 aliphatic carbocycles. The van der Waals surface area contributed by atoms with E-state index in [2.05, 4.69) is 10.5 Å². The lowest BCUT2D eigenvalue weighted by molar-refractivity contribution is -0.384. The first-order valence-corrected chi connectivity index (χ1v) is 6.40. The maximum atomic E-state index is 11.2. The Bertz CT molecular complexity index is 666. The van der Waals surface area contributed by atoms with E-state index in [4.69, 9.17) is 15.3 Å². The summed E-state index contributed by atoms with van der Waals surface area (Å²) in [5.41, 5.74) is 2.86. The molecule has 9 heteroatoms. The molecule has 9 nitrogen and oxygen atoms in total. The largest absolute Gasteiger partial charge is 0.378 e. The smallest absolute Gasteiger partial charge is 0.294 e. The molecule has 2 rings (SSSR count). The van der Waals surface area contributed by atoms with E-state index in [9.17, 15) is 10.1 Å². The normalized spacial score (nSPS) is 13.6. The molecule has 0 unspecified atom stereocenters. The second kappa shape index (κ2) is 7.02. The van der Waals surface area contributed by atoms with Gasteiger partial charge in [0.1, 0.15) is 17.8 Å². The molecule has 0 aromatic heterocycles. The Kier molecular flexibility index (Phi) is 4.85. The van der Waals surface area contributed by atoms with Gasteiger partial charge in [0.05, 0.1) is 23.8 Å². The Morgan fingerprint density at radius 2 is 2.05 bits per heavy atom. The summed E-state index contributed by atoms with van der Waals surface area (Å²) in [5.74, 6) is 0. The SMILES string of the molecule is N#CC(C#N)=NNc1ccc(N2CCOCC2)c([N+](=O)[O-])c1. The van der Waals surface area contributed by atoms with Crippen LogP contribution >= 0.6 is 0 Å². The van der Waals surface area contributed by atoms with Crippen LogP contribution in [0.25, 0.3) is 0 Å². The van der Waals surface area contributed by atoms with Crippen LogP contribution in [-0.2, 0) is 4.74 Å². The highest BCUT2D eigenvalue weighted by Crippen LogP contribution is 2.31. The third-order valence-electron chi connectivity index (χ3n) is 3.03. The van der Waals surface area contributed by atoms with Crippen LogP contribution in [0.4, 0.5) is 17.1 Å². The summed E-state index contributed by atoms with van der Waals surface area (Å²) in [6, 6.07) is 7.72. The van der Waals surface area contributed by atoms with Crippen LogP contribution in [0.1, 0.15) is 0 Å². The Morgan fingerprint density at radius 1 is 1.36 bits per heavy atom. The number of anilines is 2. The van der Waals surface area contributed by atoms with Crippen molar-refractivity contribution in [3.8, 4) is 12.1 Å². The molecule has 0 radical (unpaired) electrons. The van der Waals surface area contributed by atoms with Gasteiger partial charge in [0.2, 0.25) is 5.71 Å². The predicted molar refractivity (Wildman–Crippen MR) is 78.4 cm³/mol. The van der Waals surface area contributed by atoms with E-state index in [1.807, 2.05) is 4.90 Å². The number of rotatable bonds is 4. The van der Waals surface area contributed by atoms with Gasteiger partial charge >= 0.3 is 0 Å². The lowest BCUT2D eigenvalue weighted by Crippen LogP contribution is -2.36. The molecule has 112 valence electrons. The Balaban J connectivity index is 2.27. The van der Waals surface area contributed by atoms with Gasteiger partial charge in [0, 0.05) is 19.2 Å². The zero-order valence-corrected chi connectivity index (χ0v) is 11.5. The number of hydrogen-bond donors (Lipinski definition) is 1. The second-order valence-electron chi connectivity index (χ2n) is 4.36. The first kappa shape index (κ1) is 15.2. The number of nitro benzene ring substituents is 1. The number of benzene rings is 1. The van der Waals surface area contributed by atoms with Crippen molar-refractivity contribution in [3.63, 3.8) is 0 Å². The van der Waals surface area contributed by atoms with Gasteiger partial charge in [0.15, 0.2) is 0 Å². The van der Waals surface area contributed by atoms with Crippen molar-refractivity contribution in [3.05, 3.63) is 28.3 Å². The minimum atomic E-state index is -0.477. The topological polar surface area (TPSA) is 128 Å². The lowest BCUT2D eigenvalue weighted by Gasteiger charge is -2.28. The summed E-state index contributed by atoms with van der Waals surface area (Å²) in [5, 5.41) is 32.0.